The van der Waals surface area contributed by atoms with Crippen LogP contribution < -0.4 is 4.90 Å². The van der Waals surface area contributed by atoms with Crippen LogP contribution in [0.5, 0.6) is 0 Å². The third-order valence-electron chi connectivity index (χ3n) is 5.05. The Hall–Kier alpha value is -1.17. The minimum absolute atomic E-state index is 0.101. The number of anilines is 1. The molecule has 0 aromatic carbocycles. The monoisotopic (exact) mass is 353 g/mol. The molecule has 1 aromatic heterocycles. The minimum Gasteiger partial charge on any atom is -0.351 e. The van der Waals surface area contributed by atoms with Crippen molar-refractivity contribution in [3.63, 3.8) is 0 Å². The van der Waals surface area contributed by atoms with Crippen LogP contribution in [-0.2, 0) is 0 Å². The number of rotatable bonds is 2. The molecular formula is C15H20BrN3O2. The summed E-state index contributed by atoms with van der Waals surface area (Å²) in [4.78, 5) is 17.3. The first kappa shape index (κ1) is 14.8. The maximum Gasteiger partial charge on any atom is 0.312 e. The van der Waals surface area contributed by atoms with E-state index in [4.69, 9.17) is 0 Å². The van der Waals surface area contributed by atoms with Crippen molar-refractivity contribution in [2.75, 3.05) is 18.0 Å². The van der Waals surface area contributed by atoms with Crippen molar-refractivity contribution >= 4 is 27.4 Å². The number of nitrogens with zero attached hydrogens (tertiary/aromatic N) is 3. The Balaban J connectivity index is 1.76. The van der Waals surface area contributed by atoms with Crippen molar-refractivity contribution in [2.24, 2.45) is 5.41 Å². The Morgan fingerprint density at radius 3 is 2.48 bits per heavy atom. The summed E-state index contributed by atoms with van der Waals surface area (Å²) < 4.78 is 0.652. The van der Waals surface area contributed by atoms with Gasteiger partial charge in [-0.1, -0.05) is 19.3 Å². The van der Waals surface area contributed by atoms with Gasteiger partial charge in [-0.15, -0.1) is 0 Å². The summed E-state index contributed by atoms with van der Waals surface area (Å²) in [6, 6.07) is 1.55. The van der Waals surface area contributed by atoms with Gasteiger partial charge in [-0.25, -0.2) is 4.98 Å². The lowest BCUT2D eigenvalue weighted by Crippen LogP contribution is -2.41. The van der Waals surface area contributed by atoms with Crippen LogP contribution in [0, 0.1) is 15.5 Å². The highest BCUT2D eigenvalue weighted by molar-refractivity contribution is 9.10. The van der Waals surface area contributed by atoms with E-state index < -0.39 is 0 Å². The van der Waals surface area contributed by atoms with Crippen LogP contribution in [0.4, 0.5) is 11.5 Å². The molecule has 21 heavy (non-hydrogen) atoms. The fourth-order valence-corrected chi connectivity index (χ4v) is 4.11. The molecule has 1 aliphatic heterocycles. The van der Waals surface area contributed by atoms with Crippen molar-refractivity contribution in [1.82, 2.24) is 4.98 Å². The zero-order valence-electron chi connectivity index (χ0n) is 12.1. The predicted octanol–water partition coefficient (Wildman–Crippen LogP) is 4.30. The van der Waals surface area contributed by atoms with Crippen LogP contribution in [0.2, 0.25) is 0 Å². The molecule has 2 heterocycles. The number of nitro groups is 1. The summed E-state index contributed by atoms with van der Waals surface area (Å²) in [7, 11) is 0. The second-order valence-corrected chi connectivity index (χ2v) is 7.22. The van der Waals surface area contributed by atoms with E-state index in [1.165, 1.54) is 32.1 Å². The average molecular weight is 354 g/mol. The molecule has 0 amide bonds. The van der Waals surface area contributed by atoms with Crippen LogP contribution >= 0.6 is 15.9 Å². The molecule has 114 valence electrons. The molecule has 1 saturated heterocycles. The van der Waals surface area contributed by atoms with E-state index in [2.05, 4.69) is 25.8 Å². The molecule has 2 fully saturated rings. The van der Waals surface area contributed by atoms with Crippen molar-refractivity contribution < 1.29 is 4.92 Å². The molecular weight excluding hydrogens is 334 g/mol. The Kier molecular flexibility index (Phi) is 4.15. The summed E-state index contributed by atoms with van der Waals surface area (Å²) in [5.41, 5.74) is 0.600. The average Bonchev–Trinajstić information content (AvgIpc) is 2.49. The summed E-state index contributed by atoms with van der Waals surface area (Å²) in [5, 5.41) is 11.2. The zero-order valence-corrected chi connectivity index (χ0v) is 13.6. The lowest BCUT2D eigenvalue weighted by atomic mass is 9.68. The van der Waals surface area contributed by atoms with E-state index in [0.717, 1.165) is 25.9 Å². The van der Waals surface area contributed by atoms with Gasteiger partial charge in [0.1, 0.15) is 0 Å². The van der Waals surface area contributed by atoms with Crippen molar-refractivity contribution in [3.05, 3.63) is 26.9 Å². The lowest BCUT2D eigenvalue weighted by molar-refractivity contribution is -0.384. The highest BCUT2D eigenvalue weighted by Gasteiger charge is 2.37. The minimum atomic E-state index is -0.335. The van der Waals surface area contributed by atoms with Gasteiger partial charge in [-0.05, 0) is 47.0 Å². The molecule has 0 unspecified atom stereocenters. The predicted molar refractivity (Wildman–Crippen MR) is 85.6 cm³/mol. The fourth-order valence-electron chi connectivity index (χ4n) is 3.79. The van der Waals surface area contributed by atoms with Gasteiger partial charge in [0, 0.05) is 29.8 Å². The first-order valence-corrected chi connectivity index (χ1v) is 8.44. The van der Waals surface area contributed by atoms with Gasteiger partial charge in [0.05, 0.1) is 4.92 Å². The van der Waals surface area contributed by atoms with Crippen LogP contribution in [0.3, 0.4) is 0 Å². The lowest BCUT2D eigenvalue weighted by Gasteiger charge is -2.44. The van der Waals surface area contributed by atoms with Gasteiger partial charge in [0.15, 0.2) is 0 Å². The maximum absolute atomic E-state index is 11.2. The molecule has 1 aliphatic carbocycles. The second-order valence-electron chi connectivity index (χ2n) is 6.30. The molecule has 1 saturated carbocycles. The van der Waals surface area contributed by atoms with E-state index in [1.54, 1.807) is 12.3 Å². The van der Waals surface area contributed by atoms with Gasteiger partial charge < -0.3 is 4.90 Å². The standard InChI is InChI=1S/C15H20BrN3O2/c16-12-10-13(19(20)21)14(17-11-12)18-8-6-15(7-9-18)4-2-1-3-5-15/h10-11H,1-9H2. The molecule has 2 aliphatic rings. The molecule has 5 nitrogen and oxygen atoms in total. The first-order chi connectivity index (χ1) is 10.1. The molecule has 1 spiro atoms. The van der Waals surface area contributed by atoms with Crippen molar-refractivity contribution in [2.45, 2.75) is 44.9 Å². The summed E-state index contributed by atoms with van der Waals surface area (Å²) in [6.45, 7) is 1.77. The fraction of sp³-hybridized carbons (Fsp3) is 0.667. The highest BCUT2D eigenvalue weighted by Crippen LogP contribution is 2.45. The van der Waals surface area contributed by atoms with Crippen LogP contribution in [0.1, 0.15) is 44.9 Å². The van der Waals surface area contributed by atoms with Gasteiger partial charge in [0.2, 0.25) is 5.82 Å². The third-order valence-corrected chi connectivity index (χ3v) is 5.48. The molecule has 0 bridgehead atoms. The first-order valence-electron chi connectivity index (χ1n) is 7.65. The summed E-state index contributed by atoms with van der Waals surface area (Å²) >= 11 is 3.26. The van der Waals surface area contributed by atoms with Crippen molar-refractivity contribution in [3.8, 4) is 0 Å². The summed E-state index contributed by atoms with van der Waals surface area (Å²) in [6.07, 6.45) is 10.6. The van der Waals surface area contributed by atoms with Gasteiger partial charge in [0.25, 0.3) is 0 Å². The second kappa shape index (κ2) is 5.91. The van der Waals surface area contributed by atoms with Gasteiger partial charge in [-0.2, -0.15) is 0 Å². The number of pyridine rings is 1. The van der Waals surface area contributed by atoms with Gasteiger partial charge >= 0.3 is 5.69 Å². The topological polar surface area (TPSA) is 59.3 Å². The molecule has 6 heteroatoms. The summed E-state index contributed by atoms with van der Waals surface area (Å²) in [5.74, 6) is 0.522. The molecule has 1 aromatic rings. The van der Waals surface area contributed by atoms with E-state index in [1.807, 2.05) is 0 Å². The number of piperidine rings is 1. The van der Waals surface area contributed by atoms with E-state index >= 15 is 0 Å². The number of halogens is 1. The van der Waals surface area contributed by atoms with E-state index in [-0.39, 0.29) is 10.6 Å². The molecule has 0 radical (unpaired) electrons. The van der Waals surface area contributed by atoms with Crippen LogP contribution in [-0.4, -0.2) is 23.0 Å². The third kappa shape index (κ3) is 3.05. The number of hydrogen-bond donors (Lipinski definition) is 0. The quantitative estimate of drug-likeness (QED) is 0.587. The zero-order chi connectivity index (χ0) is 14.9. The maximum atomic E-state index is 11.2. The van der Waals surface area contributed by atoms with Gasteiger partial charge in [-0.3, -0.25) is 10.1 Å². The Morgan fingerprint density at radius 1 is 1.19 bits per heavy atom. The number of hydrogen-bond acceptors (Lipinski definition) is 4. The Bertz CT molecular complexity index is 534. The SMILES string of the molecule is O=[N+]([O-])c1cc(Br)cnc1N1CCC2(CCCCC2)CC1. The van der Waals surface area contributed by atoms with E-state index in [9.17, 15) is 10.1 Å². The Morgan fingerprint density at radius 2 is 1.86 bits per heavy atom. The molecule has 0 N–H and O–H groups in total. The Labute approximate surface area is 133 Å². The van der Waals surface area contributed by atoms with Crippen LogP contribution in [0.25, 0.3) is 0 Å². The normalized spacial score (nSPS) is 21.5. The number of aromatic nitrogens is 1. The molecule has 3 rings (SSSR count). The molecule has 0 atom stereocenters. The highest BCUT2D eigenvalue weighted by atomic mass is 79.9. The van der Waals surface area contributed by atoms with Crippen LogP contribution in [0.15, 0.2) is 16.7 Å². The van der Waals surface area contributed by atoms with E-state index in [0.29, 0.717) is 15.7 Å². The smallest absolute Gasteiger partial charge is 0.312 e. The largest absolute Gasteiger partial charge is 0.351 e. The van der Waals surface area contributed by atoms with Crippen molar-refractivity contribution in [1.29, 1.82) is 0 Å².